The lowest BCUT2D eigenvalue weighted by Crippen LogP contribution is -2.36. The molecule has 6 nitrogen and oxygen atoms in total. The summed E-state index contributed by atoms with van der Waals surface area (Å²) in [5, 5.41) is 8.19. The minimum Gasteiger partial charge on any atom is -0.496 e. The van der Waals surface area contributed by atoms with Crippen molar-refractivity contribution >= 4 is 55.7 Å². The van der Waals surface area contributed by atoms with Crippen LogP contribution in [0.2, 0.25) is 0 Å². The summed E-state index contributed by atoms with van der Waals surface area (Å²) in [5.41, 5.74) is 4.11. The van der Waals surface area contributed by atoms with E-state index in [4.69, 9.17) is 26.7 Å². The second-order valence-corrected chi connectivity index (χ2v) is 8.72. The van der Waals surface area contributed by atoms with Crippen molar-refractivity contribution in [3.05, 3.63) is 58.1 Å². The molecular weight excluding hydrogens is 476 g/mol. The molecule has 3 aromatic rings. The summed E-state index contributed by atoms with van der Waals surface area (Å²) in [5.74, 6) is 1.83. The molecule has 0 amide bonds. The van der Waals surface area contributed by atoms with Gasteiger partial charge in [-0.05, 0) is 67.2 Å². The lowest BCUT2D eigenvalue weighted by atomic mass is 10.1. The van der Waals surface area contributed by atoms with Crippen molar-refractivity contribution in [3.8, 4) is 5.75 Å². The smallest absolute Gasteiger partial charge is 0.171 e. The Labute approximate surface area is 196 Å². The van der Waals surface area contributed by atoms with Crippen LogP contribution in [-0.4, -0.2) is 43.5 Å². The number of hydrogen-bond acceptors (Lipinski definition) is 5. The highest BCUT2D eigenvalue weighted by Gasteiger charge is 2.14. The number of aromatic nitrogens is 1. The molecule has 1 saturated heterocycles. The lowest BCUT2D eigenvalue weighted by molar-refractivity contribution is 0.122. The molecule has 0 unspecified atom stereocenters. The Morgan fingerprint density at radius 1 is 1.19 bits per heavy atom. The largest absolute Gasteiger partial charge is 0.496 e. The van der Waals surface area contributed by atoms with Gasteiger partial charge in [0, 0.05) is 40.7 Å². The zero-order chi connectivity index (χ0) is 21.8. The highest BCUT2D eigenvalue weighted by molar-refractivity contribution is 9.10. The van der Waals surface area contributed by atoms with Crippen LogP contribution in [0.1, 0.15) is 11.1 Å². The number of fused-ring (bicyclic) bond motifs is 1. The van der Waals surface area contributed by atoms with Gasteiger partial charge in [-0.25, -0.2) is 4.98 Å². The molecule has 4 rings (SSSR count). The minimum absolute atomic E-state index is 0.553. The fourth-order valence-corrected chi connectivity index (χ4v) is 4.24. The first kappa shape index (κ1) is 21.8. The van der Waals surface area contributed by atoms with Crippen LogP contribution in [0, 0.1) is 6.92 Å². The van der Waals surface area contributed by atoms with Gasteiger partial charge in [0.05, 0.1) is 25.8 Å². The van der Waals surface area contributed by atoms with E-state index in [1.807, 2.05) is 30.3 Å². The second kappa shape index (κ2) is 9.80. The molecule has 0 aliphatic carbocycles. The highest BCUT2D eigenvalue weighted by Crippen LogP contribution is 2.26. The van der Waals surface area contributed by atoms with E-state index in [1.54, 1.807) is 7.11 Å². The summed E-state index contributed by atoms with van der Waals surface area (Å²) in [6, 6.07) is 14.2. The summed E-state index contributed by atoms with van der Waals surface area (Å²) in [4.78, 5) is 7.13. The zero-order valence-corrected chi connectivity index (χ0v) is 20.0. The Morgan fingerprint density at radius 3 is 2.77 bits per heavy atom. The van der Waals surface area contributed by atoms with Gasteiger partial charge >= 0.3 is 0 Å². The van der Waals surface area contributed by atoms with Crippen LogP contribution >= 0.6 is 28.1 Å². The fourth-order valence-electron chi connectivity index (χ4n) is 3.64. The van der Waals surface area contributed by atoms with Crippen LogP contribution in [0.5, 0.6) is 5.75 Å². The zero-order valence-electron chi connectivity index (χ0n) is 17.6. The number of halogens is 1. The molecule has 2 N–H and O–H groups in total. The van der Waals surface area contributed by atoms with Gasteiger partial charge < -0.3 is 25.0 Å². The molecule has 0 radical (unpaired) electrons. The third kappa shape index (κ3) is 5.26. The van der Waals surface area contributed by atoms with Gasteiger partial charge in [0.25, 0.3) is 0 Å². The van der Waals surface area contributed by atoms with Gasteiger partial charge in [-0.1, -0.05) is 15.9 Å². The topological polar surface area (TPSA) is 58.7 Å². The predicted octanol–water partition coefficient (Wildman–Crippen LogP) is 4.64. The van der Waals surface area contributed by atoms with E-state index in [0.717, 1.165) is 64.5 Å². The summed E-state index contributed by atoms with van der Waals surface area (Å²) >= 11 is 9.00. The van der Waals surface area contributed by atoms with Crippen LogP contribution in [0.25, 0.3) is 10.9 Å². The van der Waals surface area contributed by atoms with Gasteiger partial charge in [-0.3, -0.25) is 0 Å². The number of nitrogens with zero attached hydrogens (tertiary/aromatic N) is 2. The Balaban J connectivity index is 1.45. The van der Waals surface area contributed by atoms with Crippen molar-refractivity contribution in [2.24, 2.45) is 0 Å². The van der Waals surface area contributed by atoms with Gasteiger partial charge in [-0.2, -0.15) is 0 Å². The number of benzene rings is 2. The van der Waals surface area contributed by atoms with Gasteiger partial charge in [0.1, 0.15) is 11.6 Å². The first-order valence-corrected chi connectivity index (χ1v) is 11.3. The highest BCUT2D eigenvalue weighted by atomic mass is 79.9. The Kier molecular flexibility index (Phi) is 6.89. The molecular formula is C23H25BrN4O2S. The molecule has 0 spiro atoms. The predicted molar refractivity (Wildman–Crippen MR) is 133 cm³/mol. The van der Waals surface area contributed by atoms with Crippen LogP contribution in [-0.2, 0) is 11.3 Å². The minimum atomic E-state index is 0.553. The van der Waals surface area contributed by atoms with Crippen molar-refractivity contribution in [2.75, 3.05) is 43.6 Å². The van der Waals surface area contributed by atoms with Crippen molar-refractivity contribution in [2.45, 2.75) is 13.5 Å². The summed E-state index contributed by atoms with van der Waals surface area (Å²) in [6.45, 7) is 5.93. The molecule has 0 saturated carbocycles. The van der Waals surface area contributed by atoms with Gasteiger partial charge in [-0.15, -0.1) is 0 Å². The van der Waals surface area contributed by atoms with E-state index in [2.05, 4.69) is 50.5 Å². The molecule has 1 aliphatic rings. The second-order valence-electron chi connectivity index (χ2n) is 7.39. The Hall–Kier alpha value is -2.42. The van der Waals surface area contributed by atoms with Crippen LogP contribution in [0.3, 0.4) is 0 Å². The average Bonchev–Trinajstić information content (AvgIpc) is 2.78. The molecule has 1 fully saturated rings. The normalized spacial score (nSPS) is 13.8. The number of pyridine rings is 1. The Morgan fingerprint density at radius 2 is 2.00 bits per heavy atom. The van der Waals surface area contributed by atoms with E-state index >= 15 is 0 Å². The number of rotatable bonds is 5. The molecule has 1 aliphatic heterocycles. The SMILES string of the molecule is COc1ccc(Br)cc1CNC(=S)Nc1ccc2nc(N3CCOCC3)cc(C)c2c1. The summed E-state index contributed by atoms with van der Waals surface area (Å²) < 4.78 is 11.9. The molecule has 2 heterocycles. The number of thiocarbonyl (C=S) groups is 1. The molecule has 2 aromatic carbocycles. The van der Waals surface area contributed by atoms with Crippen LogP contribution in [0.15, 0.2) is 46.9 Å². The van der Waals surface area contributed by atoms with Gasteiger partial charge in [0.15, 0.2) is 5.11 Å². The third-order valence-corrected chi connectivity index (χ3v) is 6.02. The van der Waals surface area contributed by atoms with Crippen molar-refractivity contribution in [1.82, 2.24) is 10.3 Å². The van der Waals surface area contributed by atoms with E-state index in [-0.39, 0.29) is 0 Å². The number of aryl methyl sites for hydroxylation is 1. The number of morpholine rings is 1. The summed E-state index contributed by atoms with van der Waals surface area (Å²) in [6.07, 6.45) is 0. The van der Waals surface area contributed by atoms with Crippen LogP contribution in [0.4, 0.5) is 11.5 Å². The number of ether oxygens (including phenoxy) is 2. The maximum Gasteiger partial charge on any atom is 0.171 e. The standard InChI is InChI=1S/C23H25BrN4O2S/c1-15-11-22(28-7-9-30-10-8-28)27-20-5-4-18(13-19(15)20)26-23(31)25-14-16-12-17(24)3-6-21(16)29-2/h3-6,11-13H,7-10,14H2,1-2H3,(H2,25,26,31). The van der Waals surface area contributed by atoms with Crippen molar-refractivity contribution in [1.29, 1.82) is 0 Å². The molecule has 1 aromatic heterocycles. The van der Waals surface area contributed by atoms with E-state index in [0.29, 0.717) is 11.7 Å². The van der Waals surface area contributed by atoms with E-state index in [1.165, 1.54) is 5.56 Å². The molecule has 31 heavy (non-hydrogen) atoms. The maximum atomic E-state index is 5.50. The fraction of sp³-hybridized carbons (Fsp3) is 0.304. The molecule has 8 heteroatoms. The number of methoxy groups -OCH3 is 1. The number of nitrogens with one attached hydrogen (secondary N) is 2. The number of hydrogen-bond donors (Lipinski definition) is 2. The first-order chi connectivity index (χ1) is 15.0. The maximum absolute atomic E-state index is 5.50. The molecule has 0 bridgehead atoms. The first-order valence-electron chi connectivity index (χ1n) is 10.1. The molecule has 0 atom stereocenters. The quantitative estimate of drug-likeness (QED) is 0.494. The number of anilines is 2. The molecule has 162 valence electrons. The third-order valence-electron chi connectivity index (χ3n) is 5.28. The van der Waals surface area contributed by atoms with Crippen LogP contribution < -0.4 is 20.3 Å². The monoisotopic (exact) mass is 500 g/mol. The van der Waals surface area contributed by atoms with Crippen molar-refractivity contribution in [3.63, 3.8) is 0 Å². The summed E-state index contributed by atoms with van der Waals surface area (Å²) in [7, 11) is 1.67. The van der Waals surface area contributed by atoms with E-state index < -0.39 is 0 Å². The average molecular weight is 501 g/mol. The Bertz CT molecular complexity index is 1100. The van der Waals surface area contributed by atoms with E-state index in [9.17, 15) is 0 Å². The lowest BCUT2D eigenvalue weighted by Gasteiger charge is -2.28. The van der Waals surface area contributed by atoms with Crippen molar-refractivity contribution < 1.29 is 9.47 Å². The van der Waals surface area contributed by atoms with Gasteiger partial charge in [0.2, 0.25) is 0 Å².